The molecule has 15 heavy (non-hydrogen) atoms. The zero-order valence-corrected chi connectivity index (χ0v) is 11.0. The van der Waals surface area contributed by atoms with Crippen molar-refractivity contribution in [2.75, 3.05) is 6.54 Å². The standard InChI is InChI=1S/C13H24N2/c1-11(2,3)10-14-9-13(7-8-13)15(10)12(4,5)6/h7-9H2,1-6H3. The van der Waals surface area contributed by atoms with Crippen LogP contribution in [0, 0.1) is 5.41 Å². The summed E-state index contributed by atoms with van der Waals surface area (Å²) in [6.07, 6.45) is 2.65. The molecule has 2 nitrogen and oxygen atoms in total. The van der Waals surface area contributed by atoms with Crippen LogP contribution in [-0.2, 0) is 0 Å². The number of hydrogen-bond acceptors (Lipinski definition) is 2. The van der Waals surface area contributed by atoms with Crippen LogP contribution in [0.1, 0.15) is 54.4 Å². The molecule has 0 aromatic rings. The van der Waals surface area contributed by atoms with Crippen LogP contribution < -0.4 is 0 Å². The van der Waals surface area contributed by atoms with Gasteiger partial charge in [0.05, 0.1) is 12.1 Å². The van der Waals surface area contributed by atoms with Crippen LogP contribution in [0.2, 0.25) is 0 Å². The Labute approximate surface area is 93.8 Å². The minimum absolute atomic E-state index is 0.180. The normalized spacial score (nSPS) is 24.7. The Kier molecular flexibility index (Phi) is 2.03. The molecule has 1 aliphatic heterocycles. The first kappa shape index (κ1) is 11.0. The first-order chi connectivity index (χ1) is 6.67. The maximum absolute atomic E-state index is 4.81. The van der Waals surface area contributed by atoms with Crippen LogP contribution in [0.15, 0.2) is 4.99 Å². The average molecular weight is 208 g/mol. The Balaban J connectivity index is 2.34. The Morgan fingerprint density at radius 1 is 1.07 bits per heavy atom. The molecule has 0 saturated heterocycles. The number of hydrogen-bond donors (Lipinski definition) is 0. The lowest BCUT2D eigenvalue weighted by Crippen LogP contribution is -2.53. The third-order valence-corrected chi connectivity index (χ3v) is 3.38. The summed E-state index contributed by atoms with van der Waals surface area (Å²) in [5, 5.41) is 0. The van der Waals surface area contributed by atoms with Crippen LogP contribution in [0.25, 0.3) is 0 Å². The smallest absolute Gasteiger partial charge is 0.105 e. The third kappa shape index (κ3) is 1.68. The SMILES string of the molecule is CC(C)(C)C1=NCC2(CC2)N1C(C)(C)C. The molecule has 0 unspecified atom stereocenters. The van der Waals surface area contributed by atoms with E-state index in [0.717, 1.165) is 6.54 Å². The fourth-order valence-corrected chi connectivity index (χ4v) is 2.72. The van der Waals surface area contributed by atoms with Gasteiger partial charge in [-0.2, -0.15) is 0 Å². The maximum atomic E-state index is 4.81. The van der Waals surface area contributed by atoms with E-state index in [4.69, 9.17) is 4.99 Å². The predicted octanol–water partition coefficient (Wildman–Crippen LogP) is 3.08. The highest BCUT2D eigenvalue weighted by Crippen LogP contribution is 2.50. The number of aliphatic imine (C=N–C) groups is 1. The molecule has 0 aromatic heterocycles. The van der Waals surface area contributed by atoms with E-state index in [1.165, 1.54) is 18.7 Å². The molecule has 0 aromatic carbocycles. The summed E-state index contributed by atoms with van der Waals surface area (Å²) in [6.45, 7) is 14.7. The fraction of sp³-hybridized carbons (Fsp3) is 0.923. The first-order valence-electron chi connectivity index (χ1n) is 6.02. The largest absolute Gasteiger partial charge is 0.348 e. The molecule has 0 amide bonds. The fourth-order valence-electron chi connectivity index (χ4n) is 2.72. The van der Waals surface area contributed by atoms with Gasteiger partial charge in [0.2, 0.25) is 0 Å². The van der Waals surface area contributed by atoms with Gasteiger partial charge in [-0.3, -0.25) is 4.99 Å². The zero-order chi connectivity index (χ0) is 11.5. The van der Waals surface area contributed by atoms with E-state index < -0.39 is 0 Å². The van der Waals surface area contributed by atoms with Crippen LogP contribution in [0.4, 0.5) is 0 Å². The van der Waals surface area contributed by atoms with Crippen LogP contribution in [-0.4, -0.2) is 28.4 Å². The molecule has 1 saturated carbocycles. The van der Waals surface area contributed by atoms with Gasteiger partial charge in [0.15, 0.2) is 0 Å². The maximum Gasteiger partial charge on any atom is 0.105 e. The van der Waals surface area contributed by atoms with Crippen molar-refractivity contribution in [3.63, 3.8) is 0 Å². The van der Waals surface area contributed by atoms with Gasteiger partial charge in [-0.15, -0.1) is 0 Å². The second kappa shape index (κ2) is 2.78. The van der Waals surface area contributed by atoms with Crippen molar-refractivity contribution in [3.8, 4) is 0 Å². The minimum Gasteiger partial charge on any atom is -0.348 e. The summed E-state index contributed by atoms with van der Waals surface area (Å²) in [7, 11) is 0. The van der Waals surface area contributed by atoms with E-state index in [0.29, 0.717) is 5.54 Å². The summed E-state index contributed by atoms with van der Waals surface area (Å²) >= 11 is 0. The van der Waals surface area contributed by atoms with Gasteiger partial charge >= 0.3 is 0 Å². The lowest BCUT2D eigenvalue weighted by Gasteiger charge is -2.43. The van der Waals surface area contributed by atoms with Gasteiger partial charge < -0.3 is 4.90 Å². The van der Waals surface area contributed by atoms with Crippen molar-refractivity contribution < 1.29 is 0 Å². The summed E-state index contributed by atoms with van der Waals surface area (Å²) in [6, 6.07) is 0. The zero-order valence-electron chi connectivity index (χ0n) is 11.0. The summed E-state index contributed by atoms with van der Waals surface area (Å²) in [4.78, 5) is 7.41. The summed E-state index contributed by atoms with van der Waals surface area (Å²) in [5.74, 6) is 1.31. The van der Waals surface area contributed by atoms with E-state index in [1.54, 1.807) is 0 Å². The Hall–Kier alpha value is -0.530. The molecule has 0 N–H and O–H groups in total. The highest BCUT2D eigenvalue weighted by molar-refractivity contribution is 5.90. The molecule has 1 heterocycles. The molecule has 2 rings (SSSR count). The first-order valence-corrected chi connectivity index (χ1v) is 6.02. The molecule has 0 radical (unpaired) electrons. The van der Waals surface area contributed by atoms with Crippen molar-refractivity contribution in [1.82, 2.24) is 4.90 Å². The highest BCUT2D eigenvalue weighted by atomic mass is 15.4. The topological polar surface area (TPSA) is 15.6 Å². The molecule has 86 valence electrons. The van der Waals surface area contributed by atoms with Crippen LogP contribution in [0.5, 0.6) is 0 Å². The van der Waals surface area contributed by atoms with Gasteiger partial charge in [-0.25, -0.2) is 0 Å². The number of rotatable bonds is 0. The van der Waals surface area contributed by atoms with Gasteiger partial charge in [-0.05, 0) is 33.6 Å². The van der Waals surface area contributed by atoms with Crippen LogP contribution in [0.3, 0.4) is 0 Å². The van der Waals surface area contributed by atoms with E-state index in [9.17, 15) is 0 Å². The molecule has 2 heteroatoms. The van der Waals surface area contributed by atoms with E-state index in [-0.39, 0.29) is 11.0 Å². The molecule has 0 bridgehead atoms. The minimum atomic E-state index is 0.180. The second-order valence-corrected chi connectivity index (χ2v) is 7.12. The van der Waals surface area contributed by atoms with Crippen LogP contribution >= 0.6 is 0 Å². The van der Waals surface area contributed by atoms with Crippen molar-refractivity contribution >= 4 is 5.84 Å². The van der Waals surface area contributed by atoms with Gasteiger partial charge in [-0.1, -0.05) is 20.8 Å². The number of nitrogens with zero attached hydrogens (tertiary/aromatic N) is 2. The van der Waals surface area contributed by atoms with E-state index in [1.807, 2.05) is 0 Å². The highest BCUT2D eigenvalue weighted by Gasteiger charge is 2.57. The molecular formula is C13H24N2. The van der Waals surface area contributed by atoms with Crippen molar-refractivity contribution in [2.24, 2.45) is 10.4 Å². The third-order valence-electron chi connectivity index (χ3n) is 3.38. The molecular weight excluding hydrogens is 184 g/mol. The molecule has 1 aliphatic carbocycles. The van der Waals surface area contributed by atoms with Crippen molar-refractivity contribution in [3.05, 3.63) is 0 Å². The van der Waals surface area contributed by atoms with Crippen molar-refractivity contribution in [1.29, 1.82) is 0 Å². The number of amidine groups is 1. The van der Waals surface area contributed by atoms with Gasteiger partial charge in [0.1, 0.15) is 5.84 Å². The quantitative estimate of drug-likeness (QED) is 0.597. The monoisotopic (exact) mass is 208 g/mol. The predicted molar refractivity (Wildman–Crippen MR) is 65.3 cm³/mol. The molecule has 1 spiro atoms. The van der Waals surface area contributed by atoms with E-state index >= 15 is 0 Å². The Morgan fingerprint density at radius 3 is 1.93 bits per heavy atom. The Bertz CT molecular complexity index is 297. The second-order valence-electron chi connectivity index (χ2n) is 7.12. The summed E-state index contributed by atoms with van der Waals surface area (Å²) < 4.78 is 0. The molecule has 1 fully saturated rings. The summed E-state index contributed by atoms with van der Waals surface area (Å²) in [5.41, 5.74) is 0.791. The lowest BCUT2D eigenvalue weighted by molar-refractivity contribution is 0.166. The molecule has 2 aliphatic rings. The average Bonchev–Trinajstić information content (AvgIpc) is 2.56. The lowest BCUT2D eigenvalue weighted by atomic mass is 9.90. The molecule has 0 atom stereocenters. The van der Waals surface area contributed by atoms with Crippen molar-refractivity contribution in [2.45, 2.75) is 65.5 Å². The Morgan fingerprint density at radius 2 is 1.60 bits per heavy atom. The van der Waals surface area contributed by atoms with Gasteiger partial charge in [0.25, 0.3) is 0 Å². The van der Waals surface area contributed by atoms with E-state index in [2.05, 4.69) is 46.4 Å². The van der Waals surface area contributed by atoms with Gasteiger partial charge in [0, 0.05) is 11.0 Å².